The average Bonchev–Trinajstić information content (AvgIpc) is 2.51. The number of benzene rings is 1. The van der Waals surface area contributed by atoms with Crippen LogP contribution in [0.1, 0.15) is 18.4 Å². The fourth-order valence-electron chi connectivity index (χ4n) is 1.87. The number of hydrogen-bond donors (Lipinski definition) is 3. The smallest absolute Gasteiger partial charge is 0.305 e. The molecule has 1 unspecified atom stereocenters. The van der Waals surface area contributed by atoms with Crippen LogP contribution in [-0.2, 0) is 19.6 Å². The molecule has 3 N–H and O–H groups in total. The molecule has 0 saturated carbocycles. The van der Waals surface area contributed by atoms with Crippen molar-refractivity contribution >= 4 is 33.7 Å². The van der Waals surface area contributed by atoms with Crippen LogP contribution in [0.2, 0.25) is 0 Å². The summed E-state index contributed by atoms with van der Waals surface area (Å²) < 4.78 is 27.2. The number of aryl methyl sites for hydroxylation is 1. The quantitative estimate of drug-likeness (QED) is 0.563. The third-order valence-corrected chi connectivity index (χ3v) is 5.33. The highest BCUT2D eigenvalue weighted by atomic mass is 32.2. The Morgan fingerprint density at radius 3 is 2.42 bits per heavy atom. The predicted molar refractivity (Wildman–Crippen MR) is 93.6 cm³/mol. The number of aliphatic carboxylic acids is 1. The van der Waals surface area contributed by atoms with E-state index in [1.54, 1.807) is 12.1 Å². The topological polar surface area (TPSA) is 113 Å². The molecule has 134 valence electrons. The third-order valence-electron chi connectivity index (χ3n) is 3.19. The first-order valence-corrected chi connectivity index (χ1v) is 10.2. The number of amides is 1. The van der Waals surface area contributed by atoms with E-state index in [0.717, 1.165) is 5.56 Å². The molecule has 0 bridgehead atoms. The molecule has 1 aromatic carbocycles. The van der Waals surface area contributed by atoms with E-state index < -0.39 is 27.9 Å². The van der Waals surface area contributed by atoms with Crippen LogP contribution < -0.4 is 10.0 Å². The first-order chi connectivity index (χ1) is 11.3. The fourth-order valence-corrected chi connectivity index (χ4v) is 3.57. The summed E-state index contributed by atoms with van der Waals surface area (Å²) >= 11 is 1.49. The average molecular weight is 374 g/mol. The molecule has 9 heteroatoms. The van der Waals surface area contributed by atoms with Gasteiger partial charge in [0.1, 0.15) is 6.04 Å². The zero-order valence-electron chi connectivity index (χ0n) is 13.6. The number of thioether (sulfide) groups is 1. The van der Waals surface area contributed by atoms with Gasteiger partial charge >= 0.3 is 5.97 Å². The second kappa shape index (κ2) is 9.65. The Labute approximate surface area is 146 Å². The van der Waals surface area contributed by atoms with Gasteiger partial charge in [0, 0.05) is 6.54 Å². The minimum atomic E-state index is -3.83. The monoisotopic (exact) mass is 374 g/mol. The zero-order chi connectivity index (χ0) is 18.2. The zero-order valence-corrected chi connectivity index (χ0v) is 15.2. The molecule has 0 spiro atoms. The molecule has 7 nitrogen and oxygen atoms in total. The maximum atomic E-state index is 12.4. The molecule has 0 aliphatic heterocycles. The molecule has 24 heavy (non-hydrogen) atoms. The predicted octanol–water partition coefficient (Wildman–Crippen LogP) is 0.986. The first kappa shape index (κ1) is 20.5. The highest BCUT2D eigenvalue weighted by Gasteiger charge is 2.25. The first-order valence-electron chi connectivity index (χ1n) is 7.33. The van der Waals surface area contributed by atoms with E-state index in [1.807, 2.05) is 13.2 Å². The minimum absolute atomic E-state index is 0.0454. The normalized spacial score (nSPS) is 12.6. The summed E-state index contributed by atoms with van der Waals surface area (Å²) in [6.07, 6.45) is 1.95. The van der Waals surface area contributed by atoms with Gasteiger partial charge in [0.2, 0.25) is 15.9 Å². The molecule has 0 radical (unpaired) electrons. The van der Waals surface area contributed by atoms with Gasteiger partial charge in [-0.05, 0) is 37.5 Å². The van der Waals surface area contributed by atoms with Crippen molar-refractivity contribution in [2.24, 2.45) is 0 Å². The number of carboxylic acids is 1. The standard InChI is InChI=1S/C15H22N2O5S2/c1-11-3-5-12(6-4-11)24(21,22)17-13(8-10-23-2)15(20)16-9-7-14(18)19/h3-6,13,17H,7-10H2,1-2H3,(H,16,20)(H,18,19). The van der Waals surface area contributed by atoms with E-state index in [2.05, 4.69) is 10.0 Å². The van der Waals surface area contributed by atoms with Gasteiger partial charge in [-0.3, -0.25) is 9.59 Å². The lowest BCUT2D eigenvalue weighted by atomic mass is 10.2. The Balaban J connectivity index is 2.81. The van der Waals surface area contributed by atoms with Gasteiger partial charge in [-0.15, -0.1) is 0 Å². The van der Waals surface area contributed by atoms with Crippen molar-refractivity contribution in [1.29, 1.82) is 0 Å². The lowest BCUT2D eigenvalue weighted by Crippen LogP contribution is -2.47. The van der Waals surface area contributed by atoms with Crippen molar-refractivity contribution in [3.8, 4) is 0 Å². The number of hydrogen-bond acceptors (Lipinski definition) is 5. The molecular weight excluding hydrogens is 352 g/mol. The summed E-state index contributed by atoms with van der Waals surface area (Å²) in [5.74, 6) is -0.967. The summed E-state index contributed by atoms with van der Waals surface area (Å²) in [7, 11) is -3.83. The van der Waals surface area contributed by atoms with Crippen LogP contribution in [0, 0.1) is 6.92 Å². The lowest BCUT2D eigenvalue weighted by molar-refractivity contribution is -0.137. The van der Waals surface area contributed by atoms with Crippen LogP contribution in [-0.4, -0.2) is 50.0 Å². The van der Waals surface area contributed by atoms with Gasteiger partial charge in [0.05, 0.1) is 11.3 Å². The third kappa shape index (κ3) is 6.90. The van der Waals surface area contributed by atoms with Crippen LogP contribution >= 0.6 is 11.8 Å². The van der Waals surface area contributed by atoms with Crippen molar-refractivity contribution in [2.75, 3.05) is 18.6 Å². The van der Waals surface area contributed by atoms with Gasteiger partial charge in [0.25, 0.3) is 0 Å². The Bertz CT molecular complexity index is 659. The van der Waals surface area contributed by atoms with Crippen LogP contribution in [0.25, 0.3) is 0 Å². The van der Waals surface area contributed by atoms with Crippen LogP contribution in [0.3, 0.4) is 0 Å². The van der Waals surface area contributed by atoms with Crippen molar-refractivity contribution < 1.29 is 23.1 Å². The summed E-state index contributed by atoms with van der Waals surface area (Å²) in [5, 5.41) is 11.0. The summed E-state index contributed by atoms with van der Waals surface area (Å²) in [6.45, 7) is 1.80. The molecule has 1 aromatic rings. The number of carbonyl (C=O) groups is 2. The van der Waals surface area contributed by atoms with Gasteiger partial charge in [-0.2, -0.15) is 16.5 Å². The molecule has 0 aromatic heterocycles. The highest BCUT2D eigenvalue weighted by molar-refractivity contribution is 7.98. The molecule has 0 saturated heterocycles. The summed E-state index contributed by atoms with van der Waals surface area (Å²) in [4.78, 5) is 22.7. The van der Waals surface area contributed by atoms with E-state index in [9.17, 15) is 18.0 Å². The number of carbonyl (C=O) groups excluding carboxylic acids is 1. The Hall–Kier alpha value is -1.58. The number of rotatable bonds is 10. The highest BCUT2D eigenvalue weighted by Crippen LogP contribution is 2.12. The van der Waals surface area contributed by atoms with E-state index in [4.69, 9.17) is 5.11 Å². The molecular formula is C15H22N2O5S2. The molecule has 0 aliphatic carbocycles. The summed E-state index contributed by atoms with van der Waals surface area (Å²) in [5.41, 5.74) is 0.930. The van der Waals surface area contributed by atoms with Gasteiger partial charge in [0.15, 0.2) is 0 Å². The van der Waals surface area contributed by atoms with E-state index in [-0.39, 0.29) is 17.9 Å². The molecule has 0 fully saturated rings. The SMILES string of the molecule is CSCCC(NS(=O)(=O)c1ccc(C)cc1)C(=O)NCCC(=O)O. The molecule has 0 heterocycles. The Kier molecular flexibility index (Phi) is 8.23. The van der Waals surface area contributed by atoms with E-state index >= 15 is 0 Å². The maximum Gasteiger partial charge on any atom is 0.305 e. The number of sulfonamides is 1. The van der Waals surface area contributed by atoms with Crippen molar-refractivity contribution in [3.05, 3.63) is 29.8 Å². The molecule has 1 atom stereocenters. The number of carboxylic acid groups (broad SMARTS) is 1. The van der Waals surface area contributed by atoms with E-state index in [1.165, 1.54) is 23.9 Å². The molecule has 1 rings (SSSR count). The molecule has 0 aliphatic rings. The second-order valence-electron chi connectivity index (χ2n) is 5.20. The largest absolute Gasteiger partial charge is 0.481 e. The minimum Gasteiger partial charge on any atom is -0.481 e. The number of nitrogens with one attached hydrogen (secondary N) is 2. The van der Waals surface area contributed by atoms with Crippen molar-refractivity contribution in [3.63, 3.8) is 0 Å². The summed E-state index contributed by atoms with van der Waals surface area (Å²) in [6, 6.07) is 5.37. The molecule has 1 amide bonds. The Morgan fingerprint density at radius 1 is 1.25 bits per heavy atom. The van der Waals surface area contributed by atoms with Crippen LogP contribution in [0.15, 0.2) is 29.2 Å². The van der Waals surface area contributed by atoms with Gasteiger partial charge < -0.3 is 10.4 Å². The lowest BCUT2D eigenvalue weighted by Gasteiger charge is -2.18. The second-order valence-corrected chi connectivity index (χ2v) is 7.90. The van der Waals surface area contributed by atoms with Crippen LogP contribution in [0.5, 0.6) is 0 Å². The maximum absolute atomic E-state index is 12.4. The van der Waals surface area contributed by atoms with Gasteiger partial charge in [-0.1, -0.05) is 17.7 Å². The van der Waals surface area contributed by atoms with E-state index in [0.29, 0.717) is 12.2 Å². The van der Waals surface area contributed by atoms with Crippen LogP contribution in [0.4, 0.5) is 0 Å². The van der Waals surface area contributed by atoms with Gasteiger partial charge in [-0.25, -0.2) is 8.42 Å². The van der Waals surface area contributed by atoms with Crippen molar-refractivity contribution in [1.82, 2.24) is 10.0 Å². The Morgan fingerprint density at radius 2 is 1.88 bits per heavy atom. The fraction of sp³-hybridized carbons (Fsp3) is 0.467. The van der Waals surface area contributed by atoms with Crippen molar-refractivity contribution in [2.45, 2.75) is 30.7 Å².